The van der Waals surface area contributed by atoms with Crippen molar-refractivity contribution in [3.05, 3.63) is 15.5 Å². The molecule has 1 aliphatic heterocycles. The van der Waals surface area contributed by atoms with Gasteiger partial charge in [0.05, 0.1) is 5.69 Å². The largest absolute Gasteiger partial charge is 0.297 e. The van der Waals surface area contributed by atoms with Crippen molar-refractivity contribution < 1.29 is 0 Å². The number of nitrogens with zero attached hydrogens (tertiary/aromatic N) is 2. The highest BCUT2D eigenvalue weighted by Crippen LogP contribution is 2.18. The van der Waals surface area contributed by atoms with Gasteiger partial charge in [-0.1, -0.05) is 24.4 Å². The van der Waals surface area contributed by atoms with E-state index < -0.39 is 0 Å². The Labute approximate surface area is 93.9 Å². The van der Waals surface area contributed by atoms with E-state index in [1.165, 1.54) is 50.1 Å². The molecule has 2 nitrogen and oxygen atoms in total. The molecule has 0 aromatic carbocycles. The Hall–Kier alpha value is -0.120. The summed E-state index contributed by atoms with van der Waals surface area (Å²) in [7, 11) is 0. The van der Waals surface area contributed by atoms with Crippen molar-refractivity contribution in [3.63, 3.8) is 0 Å². The van der Waals surface area contributed by atoms with E-state index in [-0.39, 0.29) is 0 Å². The molecule has 0 saturated carbocycles. The Morgan fingerprint density at radius 3 is 2.57 bits per heavy atom. The minimum Gasteiger partial charge on any atom is -0.297 e. The van der Waals surface area contributed by atoms with E-state index in [1.54, 1.807) is 0 Å². The molecule has 0 radical (unpaired) electrons. The SMILES string of the molecule is Clc1nc(CN2CCCCCC2)cs1. The highest BCUT2D eigenvalue weighted by Gasteiger charge is 2.10. The van der Waals surface area contributed by atoms with Crippen molar-refractivity contribution in [2.75, 3.05) is 13.1 Å². The topological polar surface area (TPSA) is 16.1 Å². The third kappa shape index (κ3) is 2.94. The molecule has 1 aliphatic rings. The lowest BCUT2D eigenvalue weighted by Crippen LogP contribution is -2.24. The van der Waals surface area contributed by atoms with Gasteiger partial charge in [-0.15, -0.1) is 11.3 Å². The molecule has 0 spiro atoms. The molecule has 0 bridgehead atoms. The van der Waals surface area contributed by atoms with Crippen LogP contribution >= 0.6 is 22.9 Å². The predicted octanol–water partition coefficient (Wildman–Crippen LogP) is 3.17. The number of hydrogen-bond donors (Lipinski definition) is 0. The number of thiazole rings is 1. The van der Waals surface area contributed by atoms with E-state index in [2.05, 4.69) is 15.3 Å². The summed E-state index contributed by atoms with van der Waals surface area (Å²) < 4.78 is 0.662. The molecule has 78 valence electrons. The highest BCUT2D eigenvalue weighted by atomic mass is 35.5. The molecule has 4 heteroatoms. The first-order valence-corrected chi connectivity index (χ1v) is 6.42. The highest BCUT2D eigenvalue weighted by molar-refractivity contribution is 7.13. The molecular formula is C10H15ClN2S. The van der Waals surface area contributed by atoms with E-state index >= 15 is 0 Å². The monoisotopic (exact) mass is 230 g/mol. The Morgan fingerprint density at radius 2 is 2.00 bits per heavy atom. The Balaban J connectivity index is 1.89. The van der Waals surface area contributed by atoms with Gasteiger partial charge in [0.1, 0.15) is 0 Å². The van der Waals surface area contributed by atoms with Crippen LogP contribution in [-0.4, -0.2) is 23.0 Å². The first kappa shape index (κ1) is 10.4. The van der Waals surface area contributed by atoms with Crippen LogP contribution in [0, 0.1) is 0 Å². The van der Waals surface area contributed by atoms with Crippen LogP contribution in [0.5, 0.6) is 0 Å². The number of hydrogen-bond acceptors (Lipinski definition) is 3. The van der Waals surface area contributed by atoms with Crippen LogP contribution < -0.4 is 0 Å². The lowest BCUT2D eigenvalue weighted by atomic mass is 10.2. The van der Waals surface area contributed by atoms with Crippen LogP contribution in [-0.2, 0) is 6.54 Å². The second-order valence-corrected chi connectivity index (χ2v) is 5.22. The van der Waals surface area contributed by atoms with Crippen molar-refractivity contribution in [2.24, 2.45) is 0 Å². The van der Waals surface area contributed by atoms with Gasteiger partial charge < -0.3 is 0 Å². The zero-order valence-electron chi connectivity index (χ0n) is 8.21. The summed E-state index contributed by atoms with van der Waals surface area (Å²) >= 11 is 7.33. The lowest BCUT2D eigenvalue weighted by molar-refractivity contribution is 0.274. The fourth-order valence-corrected chi connectivity index (χ4v) is 2.65. The molecule has 2 heterocycles. The van der Waals surface area contributed by atoms with Gasteiger partial charge in [-0.2, -0.15) is 0 Å². The quantitative estimate of drug-likeness (QED) is 0.776. The van der Waals surface area contributed by atoms with Crippen LogP contribution in [0.1, 0.15) is 31.4 Å². The number of aromatic nitrogens is 1. The second kappa shape index (κ2) is 5.10. The van der Waals surface area contributed by atoms with Crippen molar-refractivity contribution in [1.29, 1.82) is 0 Å². The van der Waals surface area contributed by atoms with Gasteiger partial charge in [-0.3, -0.25) is 4.90 Å². The second-order valence-electron chi connectivity index (χ2n) is 3.78. The van der Waals surface area contributed by atoms with Crippen LogP contribution in [0.4, 0.5) is 0 Å². The lowest BCUT2D eigenvalue weighted by Gasteiger charge is -2.17. The molecule has 1 aromatic rings. The molecule has 14 heavy (non-hydrogen) atoms. The average Bonchev–Trinajstić information content (AvgIpc) is 2.43. The van der Waals surface area contributed by atoms with Gasteiger partial charge in [-0.25, -0.2) is 4.98 Å². The van der Waals surface area contributed by atoms with Gasteiger partial charge in [0.15, 0.2) is 4.47 Å². The Morgan fingerprint density at radius 1 is 1.29 bits per heavy atom. The molecule has 1 saturated heterocycles. The average molecular weight is 231 g/mol. The van der Waals surface area contributed by atoms with Gasteiger partial charge >= 0.3 is 0 Å². The van der Waals surface area contributed by atoms with Crippen LogP contribution in [0.25, 0.3) is 0 Å². The van der Waals surface area contributed by atoms with E-state index in [0.29, 0.717) is 4.47 Å². The van der Waals surface area contributed by atoms with Crippen molar-refractivity contribution in [1.82, 2.24) is 9.88 Å². The maximum atomic E-state index is 5.80. The summed E-state index contributed by atoms with van der Waals surface area (Å²) in [6.07, 6.45) is 5.43. The van der Waals surface area contributed by atoms with Crippen molar-refractivity contribution in [2.45, 2.75) is 32.2 Å². The first-order valence-electron chi connectivity index (χ1n) is 5.17. The maximum absolute atomic E-state index is 5.80. The smallest absolute Gasteiger partial charge is 0.183 e. The van der Waals surface area contributed by atoms with Crippen molar-refractivity contribution in [3.8, 4) is 0 Å². The summed E-state index contributed by atoms with van der Waals surface area (Å²) in [5.74, 6) is 0. The van der Waals surface area contributed by atoms with Gasteiger partial charge in [-0.05, 0) is 25.9 Å². The standard InChI is InChI=1S/C10H15ClN2S/c11-10-12-9(8-14-10)7-13-5-3-1-2-4-6-13/h8H,1-7H2. The summed E-state index contributed by atoms with van der Waals surface area (Å²) in [5, 5.41) is 2.06. The minimum atomic E-state index is 0.662. The molecule has 0 amide bonds. The van der Waals surface area contributed by atoms with Crippen LogP contribution in [0.15, 0.2) is 5.38 Å². The van der Waals surface area contributed by atoms with Crippen molar-refractivity contribution >= 4 is 22.9 Å². The minimum absolute atomic E-state index is 0.662. The zero-order valence-corrected chi connectivity index (χ0v) is 9.78. The molecule has 1 aromatic heterocycles. The van der Waals surface area contributed by atoms with Crippen LogP contribution in [0.2, 0.25) is 4.47 Å². The number of halogens is 1. The summed E-state index contributed by atoms with van der Waals surface area (Å²) in [6.45, 7) is 3.41. The summed E-state index contributed by atoms with van der Waals surface area (Å²) in [6, 6.07) is 0. The molecule has 0 atom stereocenters. The fourth-order valence-electron chi connectivity index (χ4n) is 1.88. The molecule has 0 unspecified atom stereocenters. The third-order valence-corrected chi connectivity index (χ3v) is 3.64. The Bertz CT molecular complexity index is 279. The predicted molar refractivity (Wildman–Crippen MR) is 60.9 cm³/mol. The van der Waals surface area contributed by atoms with E-state index in [0.717, 1.165) is 12.2 Å². The molecule has 0 N–H and O–H groups in total. The molecule has 1 fully saturated rings. The summed E-state index contributed by atoms with van der Waals surface area (Å²) in [5.41, 5.74) is 1.13. The van der Waals surface area contributed by atoms with E-state index in [4.69, 9.17) is 11.6 Å². The van der Waals surface area contributed by atoms with Crippen LogP contribution in [0.3, 0.4) is 0 Å². The first-order chi connectivity index (χ1) is 6.84. The number of likely N-dealkylation sites (tertiary alicyclic amines) is 1. The third-order valence-electron chi connectivity index (χ3n) is 2.61. The zero-order chi connectivity index (χ0) is 9.80. The molecular weight excluding hydrogens is 216 g/mol. The fraction of sp³-hybridized carbons (Fsp3) is 0.700. The van der Waals surface area contributed by atoms with E-state index in [1.807, 2.05) is 0 Å². The molecule has 0 aliphatic carbocycles. The maximum Gasteiger partial charge on any atom is 0.183 e. The number of rotatable bonds is 2. The van der Waals surface area contributed by atoms with E-state index in [9.17, 15) is 0 Å². The normalized spacial score (nSPS) is 19.5. The molecule has 2 rings (SSSR count). The summed E-state index contributed by atoms with van der Waals surface area (Å²) in [4.78, 5) is 6.76. The van der Waals surface area contributed by atoms with Gasteiger partial charge in [0, 0.05) is 11.9 Å². The Kier molecular flexibility index (Phi) is 3.79. The van der Waals surface area contributed by atoms with Gasteiger partial charge in [0.2, 0.25) is 0 Å². The van der Waals surface area contributed by atoms with Gasteiger partial charge in [0.25, 0.3) is 0 Å².